The van der Waals surface area contributed by atoms with Crippen molar-refractivity contribution in [3.8, 4) is 5.75 Å². The Bertz CT molecular complexity index is 448. The summed E-state index contributed by atoms with van der Waals surface area (Å²) in [4.78, 5) is 0. The van der Waals surface area contributed by atoms with Crippen molar-refractivity contribution < 1.29 is 17.9 Å². The van der Waals surface area contributed by atoms with Gasteiger partial charge in [-0.3, -0.25) is 0 Å². The summed E-state index contributed by atoms with van der Waals surface area (Å²) >= 11 is 0. The van der Waals surface area contributed by atoms with E-state index in [2.05, 4.69) is 4.74 Å². The van der Waals surface area contributed by atoms with Crippen molar-refractivity contribution in [2.75, 3.05) is 0 Å². The van der Waals surface area contributed by atoms with Gasteiger partial charge in [-0.05, 0) is 31.2 Å². The molecule has 0 spiro atoms. The molecular formula is C10H8F2O2. The van der Waals surface area contributed by atoms with Crippen LogP contribution in [0, 0.1) is 6.92 Å². The summed E-state index contributed by atoms with van der Waals surface area (Å²) in [6.45, 7) is -0.992. The Morgan fingerprint density at radius 3 is 2.79 bits per heavy atom. The van der Waals surface area contributed by atoms with Gasteiger partial charge < -0.3 is 9.15 Å². The fourth-order valence-electron chi connectivity index (χ4n) is 1.33. The molecule has 0 unspecified atom stereocenters. The number of furan rings is 1. The molecule has 0 saturated heterocycles. The minimum Gasteiger partial charge on any atom is -0.461 e. The molecule has 2 rings (SSSR count). The average molecular weight is 198 g/mol. The van der Waals surface area contributed by atoms with Crippen molar-refractivity contribution in [1.29, 1.82) is 0 Å². The van der Waals surface area contributed by atoms with E-state index < -0.39 is 6.61 Å². The molecule has 0 aliphatic rings. The first-order valence-corrected chi connectivity index (χ1v) is 4.10. The van der Waals surface area contributed by atoms with Gasteiger partial charge in [0.1, 0.15) is 17.1 Å². The second-order valence-electron chi connectivity index (χ2n) is 2.94. The molecule has 0 aliphatic carbocycles. The van der Waals surface area contributed by atoms with Crippen molar-refractivity contribution in [3.05, 3.63) is 30.0 Å². The van der Waals surface area contributed by atoms with Crippen molar-refractivity contribution in [2.24, 2.45) is 0 Å². The highest BCUT2D eigenvalue weighted by Crippen LogP contribution is 2.24. The molecule has 0 aliphatic heterocycles. The molecule has 0 fully saturated rings. The van der Waals surface area contributed by atoms with Gasteiger partial charge in [-0.25, -0.2) is 0 Å². The normalized spacial score (nSPS) is 11.1. The number of hydrogen-bond donors (Lipinski definition) is 0. The summed E-state index contributed by atoms with van der Waals surface area (Å²) in [6, 6.07) is 6.36. The van der Waals surface area contributed by atoms with E-state index in [0.29, 0.717) is 5.58 Å². The molecule has 1 heterocycles. The summed E-state index contributed by atoms with van der Waals surface area (Å²) in [5, 5.41) is 0.764. The lowest BCUT2D eigenvalue weighted by Gasteiger charge is -2.02. The molecule has 0 saturated carbocycles. The zero-order valence-electron chi connectivity index (χ0n) is 7.46. The highest BCUT2D eigenvalue weighted by atomic mass is 19.3. The molecular weight excluding hydrogens is 190 g/mol. The van der Waals surface area contributed by atoms with Crippen LogP contribution in [0.1, 0.15) is 5.76 Å². The van der Waals surface area contributed by atoms with Gasteiger partial charge in [0.05, 0.1) is 0 Å². The predicted octanol–water partition coefficient (Wildman–Crippen LogP) is 3.34. The molecule has 2 nitrogen and oxygen atoms in total. The van der Waals surface area contributed by atoms with Crippen LogP contribution in [0.15, 0.2) is 28.7 Å². The van der Waals surface area contributed by atoms with Crippen LogP contribution in [-0.4, -0.2) is 6.61 Å². The SMILES string of the molecule is Cc1cc2cc(OC(F)F)ccc2o1. The Morgan fingerprint density at radius 1 is 1.29 bits per heavy atom. The smallest absolute Gasteiger partial charge is 0.387 e. The van der Waals surface area contributed by atoms with Crippen LogP contribution in [0.2, 0.25) is 0 Å². The summed E-state index contributed by atoms with van der Waals surface area (Å²) in [5.41, 5.74) is 0.670. The van der Waals surface area contributed by atoms with E-state index in [1.165, 1.54) is 12.1 Å². The molecule has 0 bridgehead atoms. The quantitative estimate of drug-likeness (QED) is 0.738. The Kier molecular flexibility index (Phi) is 2.11. The van der Waals surface area contributed by atoms with Crippen LogP contribution in [-0.2, 0) is 0 Å². The van der Waals surface area contributed by atoms with Crippen molar-refractivity contribution in [3.63, 3.8) is 0 Å². The monoisotopic (exact) mass is 198 g/mol. The number of benzene rings is 1. The van der Waals surface area contributed by atoms with Crippen LogP contribution in [0.25, 0.3) is 11.0 Å². The summed E-state index contributed by atoms with van der Waals surface area (Å²) in [6.07, 6.45) is 0. The van der Waals surface area contributed by atoms with Gasteiger partial charge in [-0.1, -0.05) is 0 Å². The highest BCUT2D eigenvalue weighted by molar-refractivity contribution is 5.79. The molecule has 0 amide bonds. The number of halogens is 2. The van der Waals surface area contributed by atoms with E-state index >= 15 is 0 Å². The van der Waals surface area contributed by atoms with Crippen LogP contribution < -0.4 is 4.74 Å². The van der Waals surface area contributed by atoms with E-state index in [1.807, 2.05) is 0 Å². The number of fused-ring (bicyclic) bond motifs is 1. The molecule has 0 radical (unpaired) electrons. The number of hydrogen-bond acceptors (Lipinski definition) is 2. The van der Waals surface area contributed by atoms with E-state index in [1.54, 1.807) is 19.1 Å². The molecule has 1 aromatic carbocycles. The highest BCUT2D eigenvalue weighted by Gasteiger charge is 2.06. The molecule has 14 heavy (non-hydrogen) atoms. The fourth-order valence-corrected chi connectivity index (χ4v) is 1.33. The molecule has 2 aromatic rings. The van der Waals surface area contributed by atoms with E-state index in [9.17, 15) is 8.78 Å². The molecule has 4 heteroatoms. The molecule has 0 atom stereocenters. The largest absolute Gasteiger partial charge is 0.461 e. The lowest BCUT2D eigenvalue weighted by Crippen LogP contribution is -2.01. The van der Waals surface area contributed by atoms with Gasteiger partial charge in [-0.2, -0.15) is 8.78 Å². The number of ether oxygens (including phenoxy) is 1. The van der Waals surface area contributed by atoms with E-state index in [-0.39, 0.29) is 5.75 Å². The van der Waals surface area contributed by atoms with Crippen molar-refractivity contribution in [1.82, 2.24) is 0 Å². The lowest BCUT2D eigenvalue weighted by molar-refractivity contribution is -0.0497. The number of alkyl halides is 2. The van der Waals surface area contributed by atoms with Gasteiger partial charge in [0.15, 0.2) is 0 Å². The van der Waals surface area contributed by atoms with Crippen LogP contribution in [0.5, 0.6) is 5.75 Å². The third-order valence-corrected chi connectivity index (χ3v) is 1.84. The Balaban J connectivity index is 2.40. The van der Waals surface area contributed by atoms with Crippen LogP contribution in [0.4, 0.5) is 8.78 Å². The maximum Gasteiger partial charge on any atom is 0.387 e. The lowest BCUT2D eigenvalue weighted by atomic mass is 10.2. The number of rotatable bonds is 2. The first-order valence-electron chi connectivity index (χ1n) is 4.10. The predicted molar refractivity (Wildman–Crippen MR) is 47.6 cm³/mol. The second kappa shape index (κ2) is 3.29. The first-order chi connectivity index (χ1) is 6.65. The fraction of sp³-hybridized carbons (Fsp3) is 0.200. The van der Waals surface area contributed by atoms with Crippen LogP contribution >= 0.6 is 0 Å². The molecule has 74 valence electrons. The first kappa shape index (κ1) is 8.99. The summed E-state index contributed by atoms with van der Waals surface area (Å²) in [7, 11) is 0. The Labute approximate surface area is 79.1 Å². The zero-order chi connectivity index (χ0) is 10.1. The molecule has 0 N–H and O–H groups in total. The standard InChI is InChI=1S/C10H8F2O2/c1-6-4-7-5-8(14-10(11)12)2-3-9(7)13-6/h2-5,10H,1H3. The van der Waals surface area contributed by atoms with E-state index in [0.717, 1.165) is 11.1 Å². The third-order valence-electron chi connectivity index (χ3n) is 1.84. The minimum absolute atomic E-state index is 0.147. The van der Waals surface area contributed by atoms with Gasteiger partial charge >= 0.3 is 6.61 Å². The van der Waals surface area contributed by atoms with Crippen molar-refractivity contribution in [2.45, 2.75) is 13.5 Å². The van der Waals surface area contributed by atoms with Gasteiger partial charge in [0, 0.05) is 5.39 Å². The van der Waals surface area contributed by atoms with Gasteiger partial charge in [-0.15, -0.1) is 0 Å². The zero-order valence-corrected chi connectivity index (χ0v) is 7.46. The maximum absolute atomic E-state index is 11.9. The topological polar surface area (TPSA) is 22.4 Å². The average Bonchev–Trinajstić information content (AvgIpc) is 2.42. The van der Waals surface area contributed by atoms with Gasteiger partial charge in [0.25, 0.3) is 0 Å². The third kappa shape index (κ3) is 1.69. The molecule has 1 aromatic heterocycles. The summed E-state index contributed by atoms with van der Waals surface area (Å²) in [5.74, 6) is 0.891. The summed E-state index contributed by atoms with van der Waals surface area (Å²) < 4.78 is 33.3. The Hall–Kier alpha value is -1.58. The van der Waals surface area contributed by atoms with Crippen molar-refractivity contribution >= 4 is 11.0 Å². The minimum atomic E-state index is -2.79. The van der Waals surface area contributed by atoms with Gasteiger partial charge in [0.2, 0.25) is 0 Å². The van der Waals surface area contributed by atoms with Crippen LogP contribution in [0.3, 0.4) is 0 Å². The Morgan fingerprint density at radius 2 is 2.07 bits per heavy atom. The number of aryl methyl sites for hydroxylation is 1. The maximum atomic E-state index is 11.9. The second-order valence-corrected chi connectivity index (χ2v) is 2.94. The van der Waals surface area contributed by atoms with E-state index in [4.69, 9.17) is 4.42 Å².